The number of halogens is 1. The van der Waals surface area contributed by atoms with Gasteiger partial charge in [-0.05, 0) is 37.0 Å². The number of hydrogen-bond acceptors (Lipinski definition) is 2. The Labute approximate surface area is 144 Å². The van der Waals surface area contributed by atoms with E-state index in [1.54, 1.807) is 7.11 Å². The van der Waals surface area contributed by atoms with Crippen LogP contribution in [0.3, 0.4) is 0 Å². The first-order valence-corrected chi connectivity index (χ1v) is 7.47. The molecule has 0 saturated heterocycles. The topological polar surface area (TPSA) is 59.6 Å². The Balaban J connectivity index is 0.00000220. The number of guanidine groups is 1. The first kappa shape index (κ1) is 18.1. The van der Waals surface area contributed by atoms with Crippen LogP contribution in [0.1, 0.15) is 37.7 Å². The number of hydrogen-bond donors (Lipinski definition) is 2. The summed E-state index contributed by atoms with van der Waals surface area (Å²) in [6.07, 6.45) is 7.29. The number of nitrogens with two attached hydrogens (primary N) is 1. The second-order valence-corrected chi connectivity index (χ2v) is 5.34. The molecule has 0 bridgehead atoms. The van der Waals surface area contributed by atoms with Crippen molar-refractivity contribution in [3.8, 4) is 5.75 Å². The van der Waals surface area contributed by atoms with Gasteiger partial charge in [0.2, 0.25) is 0 Å². The fourth-order valence-electron chi connectivity index (χ4n) is 2.60. The summed E-state index contributed by atoms with van der Waals surface area (Å²) in [4.78, 5) is 4.41. The van der Waals surface area contributed by atoms with E-state index >= 15 is 0 Å². The molecule has 21 heavy (non-hydrogen) atoms. The molecule has 2 rings (SSSR count). The highest BCUT2D eigenvalue weighted by molar-refractivity contribution is 14.0. The van der Waals surface area contributed by atoms with Gasteiger partial charge >= 0.3 is 0 Å². The zero-order valence-corrected chi connectivity index (χ0v) is 15.0. The molecule has 118 valence electrons. The van der Waals surface area contributed by atoms with Crippen molar-refractivity contribution >= 4 is 29.9 Å². The van der Waals surface area contributed by atoms with Crippen LogP contribution in [0.25, 0.3) is 0 Å². The summed E-state index contributed by atoms with van der Waals surface area (Å²) in [6.45, 7) is 0.720. The highest BCUT2D eigenvalue weighted by atomic mass is 127. The number of aliphatic imine (C=N–C) groups is 1. The molecule has 0 heterocycles. The quantitative estimate of drug-likeness (QED) is 0.451. The minimum atomic E-state index is 0. The van der Waals surface area contributed by atoms with Gasteiger partial charge in [0.25, 0.3) is 0 Å². The largest absolute Gasteiger partial charge is 0.497 e. The SMILES string of the molecule is COc1ccc(CCN=C(N)NC2CCCCC2)cc1.I. The van der Waals surface area contributed by atoms with Crippen LogP contribution >= 0.6 is 24.0 Å². The van der Waals surface area contributed by atoms with Gasteiger partial charge in [-0.1, -0.05) is 31.4 Å². The van der Waals surface area contributed by atoms with Crippen LogP contribution in [0.4, 0.5) is 0 Å². The summed E-state index contributed by atoms with van der Waals surface area (Å²) < 4.78 is 5.14. The lowest BCUT2D eigenvalue weighted by molar-refractivity contribution is 0.412. The standard InChI is InChI=1S/C16H25N3O.HI/c1-20-15-9-7-13(8-10-15)11-12-18-16(17)19-14-5-3-2-4-6-14;/h7-10,14H,2-6,11-12H2,1H3,(H3,17,18,19);1H. The van der Waals surface area contributed by atoms with Crippen LogP contribution in [0.5, 0.6) is 5.75 Å². The Kier molecular flexibility index (Phi) is 8.49. The van der Waals surface area contributed by atoms with Gasteiger partial charge in [-0.25, -0.2) is 0 Å². The van der Waals surface area contributed by atoms with Crippen molar-refractivity contribution in [1.29, 1.82) is 0 Å². The number of ether oxygens (including phenoxy) is 1. The second kappa shape index (κ2) is 9.87. The molecule has 1 fully saturated rings. The van der Waals surface area contributed by atoms with Crippen molar-refractivity contribution in [2.75, 3.05) is 13.7 Å². The molecule has 0 aliphatic heterocycles. The summed E-state index contributed by atoms with van der Waals surface area (Å²) in [6, 6.07) is 8.61. The van der Waals surface area contributed by atoms with Gasteiger partial charge in [0.15, 0.2) is 5.96 Å². The first-order valence-electron chi connectivity index (χ1n) is 7.47. The summed E-state index contributed by atoms with van der Waals surface area (Å²) in [5.41, 5.74) is 7.18. The minimum absolute atomic E-state index is 0. The Morgan fingerprint density at radius 3 is 2.52 bits per heavy atom. The fourth-order valence-corrected chi connectivity index (χ4v) is 2.60. The molecule has 1 aliphatic rings. The molecule has 5 heteroatoms. The summed E-state index contributed by atoms with van der Waals surface area (Å²) in [5, 5.41) is 3.33. The normalized spacial score (nSPS) is 16.1. The average molecular weight is 403 g/mol. The average Bonchev–Trinajstić information content (AvgIpc) is 2.49. The van der Waals surface area contributed by atoms with E-state index in [0.29, 0.717) is 12.0 Å². The molecule has 3 N–H and O–H groups in total. The van der Waals surface area contributed by atoms with Gasteiger partial charge in [0.05, 0.1) is 7.11 Å². The smallest absolute Gasteiger partial charge is 0.188 e. The molecule has 1 aromatic carbocycles. The third-order valence-corrected chi connectivity index (χ3v) is 3.80. The van der Waals surface area contributed by atoms with E-state index < -0.39 is 0 Å². The molecule has 0 radical (unpaired) electrons. The van der Waals surface area contributed by atoms with Crippen LogP contribution in [0, 0.1) is 0 Å². The minimum Gasteiger partial charge on any atom is -0.497 e. The maximum Gasteiger partial charge on any atom is 0.188 e. The van der Waals surface area contributed by atoms with Crippen molar-refractivity contribution in [1.82, 2.24) is 5.32 Å². The van der Waals surface area contributed by atoms with Gasteiger partial charge in [-0.3, -0.25) is 4.99 Å². The summed E-state index contributed by atoms with van der Waals surface area (Å²) in [7, 11) is 1.68. The predicted octanol–water partition coefficient (Wildman–Crippen LogP) is 3.09. The number of rotatable bonds is 5. The van der Waals surface area contributed by atoms with Crippen molar-refractivity contribution in [3.63, 3.8) is 0 Å². The number of nitrogens with one attached hydrogen (secondary N) is 1. The van der Waals surface area contributed by atoms with E-state index in [2.05, 4.69) is 22.4 Å². The lowest BCUT2D eigenvalue weighted by atomic mass is 9.96. The van der Waals surface area contributed by atoms with Crippen LogP contribution < -0.4 is 15.8 Å². The van der Waals surface area contributed by atoms with Crippen LogP contribution in [-0.4, -0.2) is 25.7 Å². The molecule has 0 unspecified atom stereocenters. The van der Waals surface area contributed by atoms with E-state index in [1.807, 2.05) is 12.1 Å². The van der Waals surface area contributed by atoms with Crippen LogP contribution in [0.2, 0.25) is 0 Å². The van der Waals surface area contributed by atoms with Crippen molar-refractivity contribution < 1.29 is 4.74 Å². The molecule has 0 atom stereocenters. The number of benzene rings is 1. The molecule has 0 aromatic heterocycles. The lowest BCUT2D eigenvalue weighted by Gasteiger charge is -2.23. The molecular weight excluding hydrogens is 377 g/mol. The first-order chi connectivity index (χ1) is 9.78. The molecule has 1 aliphatic carbocycles. The van der Waals surface area contributed by atoms with E-state index in [1.165, 1.54) is 37.7 Å². The van der Waals surface area contributed by atoms with E-state index in [9.17, 15) is 0 Å². The van der Waals surface area contributed by atoms with Gasteiger partial charge in [0.1, 0.15) is 5.75 Å². The molecule has 0 spiro atoms. The Morgan fingerprint density at radius 2 is 1.90 bits per heavy atom. The van der Waals surface area contributed by atoms with Gasteiger partial charge < -0.3 is 15.8 Å². The van der Waals surface area contributed by atoms with E-state index in [4.69, 9.17) is 10.5 Å². The highest BCUT2D eigenvalue weighted by Gasteiger charge is 2.12. The molecule has 4 nitrogen and oxygen atoms in total. The zero-order valence-electron chi connectivity index (χ0n) is 12.7. The van der Waals surface area contributed by atoms with E-state index in [0.717, 1.165) is 18.7 Å². The lowest BCUT2D eigenvalue weighted by Crippen LogP contribution is -2.41. The third-order valence-electron chi connectivity index (χ3n) is 3.80. The van der Waals surface area contributed by atoms with Crippen molar-refractivity contribution in [2.24, 2.45) is 10.7 Å². The van der Waals surface area contributed by atoms with Crippen molar-refractivity contribution in [3.05, 3.63) is 29.8 Å². The maximum absolute atomic E-state index is 5.93. The zero-order chi connectivity index (χ0) is 14.2. The second-order valence-electron chi connectivity index (χ2n) is 5.34. The third kappa shape index (κ3) is 6.54. The summed E-state index contributed by atoms with van der Waals surface area (Å²) >= 11 is 0. The number of methoxy groups -OCH3 is 1. The van der Waals surface area contributed by atoms with Crippen molar-refractivity contribution in [2.45, 2.75) is 44.6 Å². The summed E-state index contributed by atoms with van der Waals surface area (Å²) in [5.74, 6) is 1.47. The highest BCUT2D eigenvalue weighted by Crippen LogP contribution is 2.17. The van der Waals surface area contributed by atoms with Crippen LogP contribution in [-0.2, 0) is 6.42 Å². The maximum atomic E-state index is 5.93. The molecular formula is C16H26IN3O. The van der Waals surface area contributed by atoms with E-state index in [-0.39, 0.29) is 24.0 Å². The fraction of sp³-hybridized carbons (Fsp3) is 0.562. The molecule has 1 saturated carbocycles. The Morgan fingerprint density at radius 1 is 1.24 bits per heavy atom. The van der Waals surface area contributed by atoms with Gasteiger partial charge in [-0.2, -0.15) is 0 Å². The van der Waals surface area contributed by atoms with Crippen LogP contribution in [0.15, 0.2) is 29.3 Å². The Bertz CT molecular complexity index is 428. The predicted molar refractivity (Wildman–Crippen MR) is 98.6 cm³/mol. The molecule has 1 aromatic rings. The van der Waals surface area contributed by atoms with Gasteiger partial charge in [0, 0.05) is 12.6 Å². The number of nitrogens with zero attached hydrogens (tertiary/aromatic N) is 1. The Hall–Kier alpha value is -0.980. The molecule has 0 amide bonds. The van der Waals surface area contributed by atoms with Gasteiger partial charge in [-0.15, -0.1) is 24.0 Å². The monoisotopic (exact) mass is 403 g/mol.